The zero-order chi connectivity index (χ0) is 13.0. The molecule has 0 radical (unpaired) electrons. The van der Waals surface area contributed by atoms with Gasteiger partial charge in [0.1, 0.15) is 5.82 Å². The lowest BCUT2D eigenvalue weighted by Gasteiger charge is -2.11. The summed E-state index contributed by atoms with van der Waals surface area (Å²) in [5.74, 6) is 0.944. The molecule has 0 saturated heterocycles. The minimum Gasteiger partial charge on any atom is -0.392 e. The summed E-state index contributed by atoms with van der Waals surface area (Å²) in [6.45, 7) is 2.96. The number of hydrogen-bond acceptors (Lipinski definition) is 2. The number of aliphatic hydroxyl groups excluding tert-OH is 1. The fourth-order valence-electron chi connectivity index (χ4n) is 2.04. The summed E-state index contributed by atoms with van der Waals surface area (Å²) >= 11 is 3.44. The van der Waals surface area contributed by atoms with Crippen molar-refractivity contribution in [2.75, 3.05) is 0 Å². The summed E-state index contributed by atoms with van der Waals surface area (Å²) in [5.41, 5.74) is 1.13. The fourth-order valence-corrected chi connectivity index (χ4v) is 2.48. The molecule has 1 atom stereocenters. The Hall–Kier alpha value is -1.13. The molecule has 1 unspecified atom stereocenters. The Labute approximate surface area is 116 Å². The molecule has 1 aromatic carbocycles. The lowest BCUT2D eigenvalue weighted by atomic mass is 10.1. The molecule has 18 heavy (non-hydrogen) atoms. The van der Waals surface area contributed by atoms with Crippen LogP contribution < -0.4 is 0 Å². The molecule has 1 N–H and O–H groups in total. The summed E-state index contributed by atoms with van der Waals surface area (Å²) in [4.78, 5) is 4.28. The van der Waals surface area contributed by atoms with Crippen LogP contribution in [-0.2, 0) is 19.4 Å². The van der Waals surface area contributed by atoms with Gasteiger partial charge in [0.05, 0.1) is 6.10 Å². The van der Waals surface area contributed by atoms with Crippen molar-refractivity contribution in [2.24, 2.45) is 0 Å². The number of benzene rings is 1. The first-order chi connectivity index (χ1) is 8.69. The zero-order valence-corrected chi connectivity index (χ0v) is 12.0. The van der Waals surface area contributed by atoms with Crippen LogP contribution in [0.3, 0.4) is 0 Å². The summed E-state index contributed by atoms with van der Waals surface area (Å²) in [7, 11) is 0. The SMILES string of the molecule is CCn1ccnc1CC(O)Cc1cccc(Br)c1. The highest BCUT2D eigenvalue weighted by molar-refractivity contribution is 9.10. The van der Waals surface area contributed by atoms with Crippen LogP contribution in [0.15, 0.2) is 41.1 Å². The number of rotatable bonds is 5. The van der Waals surface area contributed by atoms with Gasteiger partial charge in [-0.15, -0.1) is 0 Å². The fraction of sp³-hybridized carbons (Fsp3) is 0.357. The predicted molar refractivity (Wildman–Crippen MR) is 75.5 cm³/mol. The average molecular weight is 309 g/mol. The zero-order valence-electron chi connectivity index (χ0n) is 10.4. The van der Waals surface area contributed by atoms with E-state index in [0.29, 0.717) is 12.8 Å². The van der Waals surface area contributed by atoms with Gasteiger partial charge in [-0.05, 0) is 31.0 Å². The van der Waals surface area contributed by atoms with Crippen LogP contribution in [0.5, 0.6) is 0 Å². The first-order valence-corrected chi connectivity index (χ1v) is 6.91. The average Bonchev–Trinajstić information content (AvgIpc) is 2.76. The maximum Gasteiger partial charge on any atom is 0.111 e. The minimum absolute atomic E-state index is 0.396. The van der Waals surface area contributed by atoms with Crippen molar-refractivity contribution in [1.82, 2.24) is 9.55 Å². The number of aryl methyl sites for hydroxylation is 1. The van der Waals surface area contributed by atoms with E-state index >= 15 is 0 Å². The Morgan fingerprint density at radius 1 is 1.39 bits per heavy atom. The van der Waals surface area contributed by atoms with Gasteiger partial charge in [0.2, 0.25) is 0 Å². The number of imidazole rings is 1. The van der Waals surface area contributed by atoms with Crippen molar-refractivity contribution in [1.29, 1.82) is 0 Å². The van der Waals surface area contributed by atoms with Gasteiger partial charge >= 0.3 is 0 Å². The van der Waals surface area contributed by atoms with Gasteiger partial charge in [-0.2, -0.15) is 0 Å². The third-order valence-corrected chi connectivity index (χ3v) is 3.41. The Morgan fingerprint density at radius 2 is 2.22 bits per heavy atom. The molecular weight excluding hydrogens is 292 g/mol. The molecule has 0 spiro atoms. The first-order valence-electron chi connectivity index (χ1n) is 6.11. The van der Waals surface area contributed by atoms with Gasteiger partial charge in [0.25, 0.3) is 0 Å². The quantitative estimate of drug-likeness (QED) is 0.922. The number of aromatic nitrogens is 2. The molecule has 0 saturated carbocycles. The van der Waals surface area contributed by atoms with Gasteiger partial charge in [0.15, 0.2) is 0 Å². The van der Waals surface area contributed by atoms with Gasteiger partial charge in [-0.25, -0.2) is 4.98 Å². The van der Waals surface area contributed by atoms with Crippen LogP contribution in [0.2, 0.25) is 0 Å². The van der Waals surface area contributed by atoms with E-state index in [9.17, 15) is 5.11 Å². The summed E-state index contributed by atoms with van der Waals surface area (Å²) in [5, 5.41) is 10.1. The molecular formula is C14H17BrN2O. The highest BCUT2D eigenvalue weighted by Gasteiger charge is 2.10. The lowest BCUT2D eigenvalue weighted by molar-refractivity contribution is 0.171. The second kappa shape index (κ2) is 6.16. The van der Waals surface area contributed by atoms with E-state index in [1.165, 1.54) is 0 Å². The van der Waals surface area contributed by atoms with E-state index in [4.69, 9.17) is 0 Å². The lowest BCUT2D eigenvalue weighted by Crippen LogP contribution is -2.17. The van der Waals surface area contributed by atoms with Crippen LogP contribution in [-0.4, -0.2) is 20.8 Å². The van der Waals surface area contributed by atoms with E-state index in [1.54, 1.807) is 6.20 Å². The third-order valence-electron chi connectivity index (χ3n) is 2.92. The van der Waals surface area contributed by atoms with Crippen molar-refractivity contribution < 1.29 is 5.11 Å². The maximum absolute atomic E-state index is 10.1. The summed E-state index contributed by atoms with van der Waals surface area (Å²) in [6.07, 6.45) is 4.57. The monoisotopic (exact) mass is 308 g/mol. The van der Waals surface area contributed by atoms with Crippen molar-refractivity contribution in [2.45, 2.75) is 32.4 Å². The van der Waals surface area contributed by atoms with Crippen molar-refractivity contribution in [3.8, 4) is 0 Å². The number of halogens is 1. The number of aliphatic hydroxyl groups is 1. The van der Waals surface area contributed by atoms with Gasteiger partial charge in [-0.3, -0.25) is 0 Å². The van der Waals surface area contributed by atoms with Crippen molar-refractivity contribution in [3.63, 3.8) is 0 Å². The summed E-state index contributed by atoms with van der Waals surface area (Å²) in [6, 6.07) is 8.04. The van der Waals surface area contributed by atoms with E-state index in [2.05, 4.69) is 32.4 Å². The molecule has 0 amide bonds. The topological polar surface area (TPSA) is 38.0 Å². The first kappa shape index (κ1) is 13.3. The Bertz CT molecular complexity index is 510. The molecule has 0 fully saturated rings. The van der Waals surface area contributed by atoms with Crippen molar-refractivity contribution >= 4 is 15.9 Å². The molecule has 96 valence electrons. The minimum atomic E-state index is -0.396. The number of hydrogen-bond donors (Lipinski definition) is 1. The van der Waals surface area contributed by atoms with E-state index in [1.807, 2.05) is 30.5 Å². The van der Waals surface area contributed by atoms with Crippen molar-refractivity contribution in [3.05, 3.63) is 52.5 Å². The molecule has 0 aliphatic heterocycles. The van der Waals surface area contributed by atoms with Crippen LogP contribution in [0.4, 0.5) is 0 Å². The predicted octanol–water partition coefficient (Wildman–Crippen LogP) is 2.81. The van der Waals surface area contributed by atoms with E-state index in [0.717, 1.165) is 22.4 Å². The third kappa shape index (κ3) is 3.43. The molecule has 0 bridgehead atoms. The van der Waals surface area contributed by atoms with Gasteiger partial charge in [0, 0.05) is 29.8 Å². The van der Waals surface area contributed by atoms with Gasteiger partial charge < -0.3 is 9.67 Å². The smallest absolute Gasteiger partial charge is 0.111 e. The Kier molecular flexibility index (Phi) is 4.55. The molecule has 3 nitrogen and oxygen atoms in total. The Morgan fingerprint density at radius 3 is 2.94 bits per heavy atom. The van der Waals surface area contributed by atoms with E-state index in [-0.39, 0.29) is 0 Å². The molecule has 0 aliphatic rings. The molecule has 1 aromatic heterocycles. The van der Waals surface area contributed by atoms with E-state index < -0.39 is 6.10 Å². The molecule has 1 heterocycles. The standard InChI is InChI=1S/C14H17BrN2O/c1-2-17-7-6-16-14(17)10-13(18)9-11-4-3-5-12(15)8-11/h3-8,13,18H,2,9-10H2,1H3. The molecule has 4 heteroatoms. The molecule has 2 rings (SSSR count). The normalized spacial score (nSPS) is 12.6. The molecule has 2 aromatic rings. The highest BCUT2D eigenvalue weighted by atomic mass is 79.9. The highest BCUT2D eigenvalue weighted by Crippen LogP contribution is 2.14. The second-order valence-electron chi connectivity index (χ2n) is 4.32. The summed E-state index contributed by atoms with van der Waals surface area (Å²) < 4.78 is 3.10. The second-order valence-corrected chi connectivity index (χ2v) is 5.24. The maximum atomic E-state index is 10.1. The van der Waals surface area contributed by atoms with Crippen LogP contribution in [0.1, 0.15) is 18.3 Å². The van der Waals surface area contributed by atoms with Gasteiger partial charge in [-0.1, -0.05) is 28.1 Å². The van der Waals surface area contributed by atoms with Crippen LogP contribution in [0, 0.1) is 0 Å². The number of nitrogens with zero attached hydrogens (tertiary/aromatic N) is 2. The van der Waals surface area contributed by atoms with Crippen LogP contribution in [0.25, 0.3) is 0 Å². The van der Waals surface area contributed by atoms with Crippen LogP contribution >= 0.6 is 15.9 Å². The Balaban J connectivity index is 1.98. The molecule has 0 aliphatic carbocycles. The largest absolute Gasteiger partial charge is 0.392 e.